The second-order valence-corrected chi connectivity index (χ2v) is 7.29. The Kier molecular flexibility index (Phi) is 5.54. The van der Waals surface area contributed by atoms with Crippen molar-refractivity contribution in [2.75, 3.05) is 5.75 Å². The van der Waals surface area contributed by atoms with E-state index in [0.29, 0.717) is 10.8 Å². The average molecular weight is 364 g/mol. The monoisotopic (exact) mass is 362 g/mol. The molecule has 2 atom stereocenters. The van der Waals surface area contributed by atoms with Gasteiger partial charge in [-0.25, -0.2) is 4.98 Å². The van der Waals surface area contributed by atoms with Crippen LogP contribution in [0.3, 0.4) is 0 Å². The molecule has 0 aliphatic heterocycles. The van der Waals surface area contributed by atoms with Gasteiger partial charge >= 0.3 is 0 Å². The first-order valence-corrected chi connectivity index (χ1v) is 8.57. The zero-order chi connectivity index (χ0) is 13.8. The first-order valence-electron chi connectivity index (χ1n) is 6.35. The Bertz CT molecular complexity index is 472. The van der Waals surface area contributed by atoms with Crippen LogP contribution in [0.5, 0.6) is 0 Å². The summed E-state index contributed by atoms with van der Waals surface area (Å²) in [5, 5.41) is 3.86. The third-order valence-corrected chi connectivity index (χ3v) is 5.26. The zero-order valence-corrected chi connectivity index (χ0v) is 13.8. The highest BCUT2D eigenvalue weighted by Crippen LogP contribution is 2.30. The van der Waals surface area contributed by atoms with Gasteiger partial charge in [0.25, 0.3) is 5.91 Å². The summed E-state index contributed by atoms with van der Waals surface area (Å²) in [6, 6.07) is 1.95. The Hall–Kier alpha value is -0.260. The van der Waals surface area contributed by atoms with Crippen molar-refractivity contribution in [3.63, 3.8) is 0 Å². The second kappa shape index (κ2) is 6.95. The Balaban J connectivity index is 2.06. The molecule has 0 aromatic carbocycles. The summed E-state index contributed by atoms with van der Waals surface area (Å²) in [6.07, 6.45) is 4.98. The van der Waals surface area contributed by atoms with Crippen LogP contribution in [-0.4, -0.2) is 27.9 Å². The fourth-order valence-corrected chi connectivity index (χ4v) is 4.05. The molecule has 0 saturated heterocycles. The maximum absolute atomic E-state index is 12.3. The summed E-state index contributed by atoms with van der Waals surface area (Å²) in [5.41, 5.74) is 0.434. The van der Waals surface area contributed by atoms with Crippen LogP contribution in [0.1, 0.15) is 36.5 Å². The van der Waals surface area contributed by atoms with Crippen LogP contribution in [0, 0.1) is 0 Å². The zero-order valence-electron chi connectivity index (χ0n) is 10.7. The molecule has 1 amide bonds. The highest BCUT2D eigenvalue weighted by Gasteiger charge is 2.29. The van der Waals surface area contributed by atoms with Crippen LogP contribution < -0.4 is 5.32 Å². The lowest BCUT2D eigenvalue weighted by Crippen LogP contribution is -2.39. The summed E-state index contributed by atoms with van der Waals surface area (Å²) < 4.78 is 0.757. The molecule has 19 heavy (non-hydrogen) atoms. The molecule has 0 radical (unpaired) electrons. The molecule has 2 unspecified atom stereocenters. The van der Waals surface area contributed by atoms with E-state index in [2.05, 4.69) is 33.2 Å². The fraction of sp³-hybridized carbons (Fsp3) is 0.538. The summed E-state index contributed by atoms with van der Waals surface area (Å²) in [6.45, 7) is 2.15. The van der Waals surface area contributed by atoms with Crippen molar-refractivity contribution >= 4 is 45.2 Å². The lowest BCUT2D eigenvalue weighted by atomic mass is 10.2. The van der Waals surface area contributed by atoms with Gasteiger partial charge in [-0.1, -0.05) is 24.9 Å². The average Bonchev–Trinajstić information content (AvgIpc) is 2.80. The van der Waals surface area contributed by atoms with E-state index < -0.39 is 0 Å². The number of halogens is 2. The number of nitrogens with zero attached hydrogens (tertiary/aromatic N) is 1. The third kappa shape index (κ3) is 3.86. The normalized spacial score (nSPS) is 22.5. The van der Waals surface area contributed by atoms with Gasteiger partial charge in [0.2, 0.25) is 0 Å². The lowest BCUT2D eigenvalue weighted by molar-refractivity contribution is 0.0938. The topological polar surface area (TPSA) is 42.0 Å². The van der Waals surface area contributed by atoms with E-state index >= 15 is 0 Å². The smallest absolute Gasteiger partial charge is 0.254 e. The number of rotatable bonds is 4. The first kappa shape index (κ1) is 15.1. The van der Waals surface area contributed by atoms with Gasteiger partial charge in [-0.05, 0) is 40.6 Å². The van der Waals surface area contributed by atoms with Crippen molar-refractivity contribution in [3.05, 3.63) is 27.5 Å². The Labute approximate surface area is 131 Å². The summed E-state index contributed by atoms with van der Waals surface area (Å²) in [4.78, 5) is 16.2. The van der Waals surface area contributed by atoms with Crippen molar-refractivity contribution in [2.45, 2.75) is 37.5 Å². The summed E-state index contributed by atoms with van der Waals surface area (Å²) in [5.74, 6) is 0.948. The summed E-state index contributed by atoms with van der Waals surface area (Å²) >= 11 is 11.2. The maximum atomic E-state index is 12.3. The van der Waals surface area contributed by atoms with Crippen LogP contribution in [-0.2, 0) is 0 Å². The number of carbonyl (C=O) groups is 1. The van der Waals surface area contributed by atoms with E-state index in [-0.39, 0.29) is 17.1 Å². The van der Waals surface area contributed by atoms with Crippen molar-refractivity contribution in [1.29, 1.82) is 0 Å². The second-order valence-electron chi connectivity index (χ2n) is 4.50. The van der Waals surface area contributed by atoms with E-state index in [0.717, 1.165) is 16.6 Å². The number of hydrogen-bond acceptors (Lipinski definition) is 3. The van der Waals surface area contributed by atoms with Gasteiger partial charge in [0.1, 0.15) is 5.15 Å². The first-order chi connectivity index (χ1) is 9.11. The van der Waals surface area contributed by atoms with E-state index in [1.165, 1.54) is 12.8 Å². The number of aromatic nitrogens is 1. The number of hydrogen-bond donors (Lipinski definition) is 1. The molecule has 1 aromatic heterocycles. The summed E-state index contributed by atoms with van der Waals surface area (Å²) in [7, 11) is 0. The Morgan fingerprint density at radius 1 is 1.63 bits per heavy atom. The van der Waals surface area contributed by atoms with Crippen LogP contribution >= 0.6 is 39.3 Å². The highest BCUT2D eigenvalue weighted by atomic mass is 79.9. The molecule has 6 heteroatoms. The molecule has 3 nitrogen and oxygen atoms in total. The molecule has 1 heterocycles. The SMILES string of the molecule is CCSC1CCCC1NC(=O)c1cc(Br)cnc1Cl. The number of carbonyl (C=O) groups excluding carboxylic acids is 1. The molecule has 0 spiro atoms. The molecule has 1 aliphatic carbocycles. The van der Waals surface area contributed by atoms with Gasteiger partial charge in [-0.2, -0.15) is 11.8 Å². The quantitative estimate of drug-likeness (QED) is 0.825. The van der Waals surface area contributed by atoms with Crippen molar-refractivity contribution in [2.24, 2.45) is 0 Å². The van der Waals surface area contributed by atoms with Gasteiger partial charge in [-0.15, -0.1) is 0 Å². The minimum Gasteiger partial charge on any atom is -0.348 e. The van der Waals surface area contributed by atoms with Crippen molar-refractivity contribution in [1.82, 2.24) is 10.3 Å². The van der Waals surface area contributed by atoms with Crippen LogP contribution in [0.2, 0.25) is 5.15 Å². The van der Waals surface area contributed by atoms with Crippen LogP contribution in [0.15, 0.2) is 16.7 Å². The van der Waals surface area contributed by atoms with Crippen molar-refractivity contribution < 1.29 is 4.79 Å². The minimum absolute atomic E-state index is 0.132. The number of thioether (sulfide) groups is 1. The maximum Gasteiger partial charge on any atom is 0.254 e. The minimum atomic E-state index is -0.132. The number of amides is 1. The van der Waals surface area contributed by atoms with Gasteiger partial charge in [0.05, 0.1) is 5.56 Å². The Morgan fingerprint density at radius 3 is 3.16 bits per heavy atom. The van der Waals surface area contributed by atoms with E-state index in [4.69, 9.17) is 11.6 Å². The molecule has 104 valence electrons. The van der Waals surface area contributed by atoms with E-state index in [1.54, 1.807) is 12.3 Å². The predicted molar refractivity (Wildman–Crippen MR) is 84.0 cm³/mol. The largest absolute Gasteiger partial charge is 0.348 e. The molecule has 1 N–H and O–H groups in total. The molecular weight excluding hydrogens is 348 g/mol. The fourth-order valence-electron chi connectivity index (χ4n) is 2.33. The standard InChI is InChI=1S/C13H16BrClN2OS/c1-2-19-11-5-3-4-10(11)17-13(18)9-6-8(14)7-16-12(9)15/h6-7,10-11H,2-5H2,1H3,(H,17,18). The lowest BCUT2D eigenvalue weighted by Gasteiger charge is -2.20. The van der Waals surface area contributed by atoms with Crippen molar-refractivity contribution in [3.8, 4) is 0 Å². The van der Waals surface area contributed by atoms with Gasteiger partial charge in [-0.3, -0.25) is 4.79 Å². The van der Waals surface area contributed by atoms with Gasteiger partial charge < -0.3 is 5.32 Å². The van der Waals surface area contributed by atoms with Gasteiger partial charge in [0, 0.05) is 22.0 Å². The number of nitrogens with one attached hydrogen (secondary N) is 1. The van der Waals surface area contributed by atoms with Gasteiger partial charge in [0.15, 0.2) is 0 Å². The molecule has 1 aromatic rings. The molecule has 0 bridgehead atoms. The molecule has 1 aliphatic rings. The highest BCUT2D eigenvalue weighted by molar-refractivity contribution is 9.10. The predicted octanol–water partition coefficient (Wildman–Crippen LogP) is 3.90. The van der Waals surface area contributed by atoms with Crippen LogP contribution in [0.25, 0.3) is 0 Å². The van der Waals surface area contributed by atoms with Crippen LogP contribution in [0.4, 0.5) is 0 Å². The number of pyridine rings is 1. The molecule has 1 fully saturated rings. The third-order valence-electron chi connectivity index (χ3n) is 3.20. The van der Waals surface area contributed by atoms with E-state index in [9.17, 15) is 4.79 Å². The molecule has 1 saturated carbocycles. The molecular formula is C13H16BrClN2OS. The van der Waals surface area contributed by atoms with E-state index in [1.807, 2.05) is 11.8 Å². The Morgan fingerprint density at radius 2 is 2.42 bits per heavy atom. The molecule has 2 rings (SSSR count).